The number of hydrogen-bond acceptors (Lipinski definition) is 5. The number of nitrogens with one attached hydrogen (secondary N) is 2. The van der Waals surface area contributed by atoms with E-state index < -0.39 is 5.91 Å². The van der Waals surface area contributed by atoms with E-state index in [2.05, 4.69) is 20.7 Å². The lowest BCUT2D eigenvalue weighted by atomic mass is 10.0. The van der Waals surface area contributed by atoms with Crippen LogP contribution in [0.3, 0.4) is 0 Å². The number of benzene rings is 2. The lowest BCUT2D eigenvalue weighted by Gasteiger charge is -2.08. The van der Waals surface area contributed by atoms with Crippen LogP contribution in [0.4, 0.5) is 0 Å². The normalized spacial score (nSPS) is 11.0. The predicted octanol–water partition coefficient (Wildman–Crippen LogP) is 2.87. The van der Waals surface area contributed by atoms with Crippen molar-refractivity contribution in [3.8, 4) is 22.8 Å². The highest BCUT2D eigenvalue weighted by Gasteiger charge is 2.12. The Hall–Kier alpha value is -3.61. The van der Waals surface area contributed by atoms with Crippen LogP contribution in [-0.4, -0.2) is 32.5 Å². The van der Waals surface area contributed by atoms with Crippen molar-refractivity contribution in [1.82, 2.24) is 15.6 Å². The molecular weight excluding hydrogens is 332 g/mol. The van der Waals surface area contributed by atoms with Crippen molar-refractivity contribution in [3.05, 3.63) is 64.8 Å². The van der Waals surface area contributed by atoms with Gasteiger partial charge in [0.15, 0.2) is 0 Å². The molecule has 0 aliphatic carbocycles. The molecule has 0 unspecified atom stereocenters. The Balaban J connectivity index is 1.73. The van der Waals surface area contributed by atoms with E-state index in [1.165, 1.54) is 12.3 Å². The number of aromatic nitrogens is 2. The smallest absolute Gasteiger partial charge is 0.289 e. The molecule has 2 aromatic carbocycles. The number of amides is 1. The largest absolute Gasteiger partial charge is 0.508 e. The number of rotatable bonds is 4. The summed E-state index contributed by atoms with van der Waals surface area (Å²) in [6, 6.07) is 12.6. The van der Waals surface area contributed by atoms with E-state index in [9.17, 15) is 15.0 Å². The zero-order valence-corrected chi connectivity index (χ0v) is 14.3. The first-order valence-corrected chi connectivity index (χ1v) is 7.93. The van der Waals surface area contributed by atoms with Gasteiger partial charge in [-0.15, -0.1) is 0 Å². The Labute approximate surface area is 150 Å². The minimum Gasteiger partial charge on any atom is -0.508 e. The molecule has 1 heterocycles. The molecule has 0 spiro atoms. The van der Waals surface area contributed by atoms with E-state index in [1.54, 1.807) is 19.9 Å². The molecule has 0 bridgehead atoms. The minimum absolute atomic E-state index is 0.00656. The predicted molar refractivity (Wildman–Crippen MR) is 98.3 cm³/mol. The number of aromatic hydroxyl groups is 2. The number of carbonyl (C=O) groups excluding carboxylic acids is 1. The van der Waals surface area contributed by atoms with Crippen molar-refractivity contribution in [2.75, 3.05) is 0 Å². The zero-order valence-electron chi connectivity index (χ0n) is 14.3. The number of nitrogens with zero attached hydrogens (tertiary/aromatic N) is 2. The van der Waals surface area contributed by atoms with E-state index in [0.717, 1.165) is 5.56 Å². The molecule has 0 fully saturated rings. The maximum atomic E-state index is 12.2. The number of aryl methyl sites for hydroxylation is 1. The topological polar surface area (TPSA) is 111 Å². The van der Waals surface area contributed by atoms with E-state index >= 15 is 0 Å². The third-order valence-electron chi connectivity index (χ3n) is 4.02. The van der Waals surface area contributed by atoms with Crippen molar-refractivity contribution in [3.63, 3.8) is 0 Å². The van der Waals surface area contributed by atoms with Gasteiger partial charge in [-0.2, -0.15) is 10.2 Å². The first kappa shape index (κ1) is 17.2. The number of phenols is 2. The van der Waals surface area contributed by atoms with Crippen LogP contribution in [0.15, 0.2) is 47.6 Å². The first-order chi connectivity index (χ1) is 12.5. The molecule has 26 heavy (non-hydrogen) atoms. The molecule has 0 aliphatic rings. The maximum absolute atomic E-state index is 12.2. The Kier molecular flexibility index (Phi) is 4.70. The van der Waals surface area contributed by atoms with Crippen LogP contribution < -0.4 is 5.43 Å². The molecule has 0 aliphatic heterocycles. The second-order valence-corrected chi connectivity index (χ2v) is 5.83. The van der Waals surface area contributed by atoms with Crippen LogP contribution in [0.25, 0.3) is 11.3 Å². The van der Waals surface area contributed by atoms with Gasteiger partial charge in [0, 0.05) is 16.7 Å². The standard InChI is InChI=1S/C19H18N4O3/c1-11-8-17(24)12(2)18(25)14(11)10-20-23-19(26)16-9-15(21-22-16)13-6-4-3-5-7-13/h3-10,24-25H,1-2H3,(H,21,22)(H,23,26). The monoisotopic (exact) mass is 350 g/mol. The number of hydrazone groups is 1. The fourth-order valence-electron chi connectivity index (χ4n) is 2.47. The van der Waals surface area contributed by atoms with Gasteiger partial charge in [-0.25, -0.2) is 5.43 Å². The van der Waals surface area contributed by atoms with Gasteiger partial charge in [-0.3, -0.25) is 9.89 Å². The second kappa shape index (κ2) is 7.10. The Morgan fingerprint density at radius 1 is 1.19 bits per heavy atom. The molecular formula is C19H18N4O3. The summed E-state index contributed by atoms with van der Waals surface area (Å²) in [7, 11) is 0. The summed E-state index contributed by atoms with van der Waals surface area (Å²) in [4.78, 5) is 12.2. The zero-order chi connectivity index (χ0) is 18.7. The third kappa shape index (κ3) is 3.41. The summed E-state index contributed by atoms with van der Waals surface area (Å²) in [5, 5.41) is 30.4. The molecule has 4 N–H and O–H groups in total. The highest BCUT2D eigenvalue weighted by Crippen LogP contribution is 2.31. The fraction of sp³-hybridized carbons (Fsp3) is 0.105. The van der Waals surface area contributed by atoms with Gasteiger partial charge < -0.3 is 10.2 Å². The molecule has 0 saturated carbocycles. The first-order valence-electron chi connectivity index (χ1n) is 7.93. The van der Waals surface area contributed by atoms with Crippen molar-refractivity contribution in [2.24, 2.45) is 5.10 Å². The van der Waals surface area contributed by atoms with Crippen molar-refractivity contribution < 1.29 is 15.0 Å². The molecule has 0 saturated heterocycles. The van der Waals surface area contributed by atoms with Gasteiger partial charge in [0.25, 0.3) is 5.91 Å². The number of aromatic amines is 1. The molecule has 0 atom stereocenters. The van der Waals surface area contributed by atoms with Crippen LogP contribution in [0.2, 0.25) is 0 Å². The van der Waals surface area contributed by atoms with Gasteiger partial charge in [-0.1, -0.05) is 30.3 Å². The van der Waals surface area contributed by atoms with Gasteiger partial charge in [0.05, 0.1) is 11.9 Å². The number of carbonyl (C=O) groups is 1. The van der Waals surface area contributed by atoms with Gasteiger partial charge in [0.1, 0.15) is 17.2 Å². The molecule has 7 nitrogen and oxygen atoms in total. The van der Waals surface area contributed by atoms with E-state index in [1.807, 2.05) is 30.3 Å². The van der Waals surface area contributed by atoms with Crippen molar-refractivity contribution in [1.29, 1.82) is 0 Å². The number of H-pyrrole nitrogens is 1. The van der Waals surface area contributed by atoms with Crippen LogP contribution in [0.5, 0.6) is 11.5 Å². The third-order valence-corrected chi connectivity index (χ3v) is 4.02. The highest BCUT2D eigenvalue weighted by molar-refractivity contribution is 5.94. The Bertz CT molecular complexity index is 978. The summed E-state index contributed by atoms with van der Waals surface area (Å²) < 4.78 is 0. The molecule has 132 valence electrons. The molecule has 1 aromatic heterocycles. The summed E-state index contributed by atoms with van der Waals surface area (Å²) in [5.74, 6) is -0.524. The van der Waals surface area contributed by atoms with Crippen molar-refractivity contribution >= 4 is 12.1 Å². The second-order valence-electron chi connectivity index (χ2n) is 5.83. The fourth-order valence-corrected chi connectivity index (χ4v) is 2.47. The van der Waals surface area contributed by atoms with E-state index in [-0.39, 0.29) is 17.2 Å². The average molecular weight is 350 g/mol. The SMILES string of the molecule is Cc1cc(O)c(C)c(O)c1C=NNC(=O)c1cc(-c2ccccc2)n[nH]1. The molecule has 1 amide bonds. The van der Waals surface area contributed by atoms with E-state index in [0.29, 0.717) is 22.4 Å². The molecule has 7 heteroatoms. The quantitative estimate of drug-likeness (QED) is 0.428. The molecule has 3 aromatic rings. The van der Waals surface area contributed by atoms with Gasteiger partial charge in [-0.05, 0) is 31.5 Å². The molecule has 3 rings (SSSR count). The highest BCUT2D eigenvalue weighted by atomic mass is 16.3. The summed E-state index contributed by atoms with van der Waals surface area (Å²) in [6.45, 7) is 3.32. The summed E-state index contributed by atoms with van der Waals surface area (Å²) >= 11 is 0. The van der Waals surface area contributed by atoms with Gasteiger partial charge in [0.2, 0.25) is 0 Å². The molecule has 0 radical (unpaired) electrons. The van der Waals surface area contributed by atoms with Gasteiger partial charge >= 0.3 is 0 Å². The van der Waals surface area contributed by atoms with E-state index in [4.69, 9.17) is 0 Å². The van der Waals surface area contributed by atoms with Crippen LogP contribution >= 0.6 is 0 Å². The lowest BCUT2D eigenvalue weighted by Crippen LogP contribution is -2.18. The maximum Gasteiger partial charge on any atom is 0.289 e. The average Bonchev–Trinajstić information content (AvgIpc) is 3.13. The summed E-state index contributed by atoms with van der Waals surface area (Å²) in [6.07, 6.45) is 1.34. The Morgan fingerprint density at radius 2 is 1.92 bits per heavy atom. The number of hydrogen-bond donors (Lipinski definition) is 4. The van der Waals surface area contributed by atoms with Crippen LogP contribution in [-0.2, 0) is 0 Å². The van der Waals surface area contributed by atoms with Crippen LogP contribution in [0, 0.1) is 13.8 Å². The summed E-state index contributed by atoms with van der Waals surface area (Å²) in [5.41, 5.74) is 5.62. The minimum atomic E-state index is -0.455. The van der Waals surface area contributed by atoms with Crippen molar-refractivity contribution in [2.45, 2.75) is 13.8 Å². The lowest BCUT2D eigenvalue weighted by molar-refractivity contribution is 0.0950. The number of phenolic OH excluding ortho intramolecular Hbond substituents is 2. The van der Waals surface area contributed by atoms with Crippen LogP contribution in [0.1, 0.15) is 27.2 Å². The Morgan fingerprint density at radius 3 is 2.65 bits per heavy atom.